The minimum absolute atomic E-state index is 0.104. The summed E-state index contributed by atoms with van der Waals surface area (Å²) in [4.78, 5) is 0. The molecule has 100 valence electrons. The van der Waals surface area contributed by atoms with Crippen molar-refractivity contribution >= 4 is 17.3 Å². The van der Waals surface area contributed by atoms with Gasteiger partial charge in [0.1, 0.15) is 0 Å². The molecule has 1 aromatic rings. The van der Waals surface area contributed by atoms with Gasteiger partial charge in [-0.15, -0.1) is 0 Å². The van der Waals surface area contributed by atoms with E-state index in [1.807, 2.05) is 0 Å². The van der Waals surface area contributed by atoms with Gasteiger partial charge >= 0.3 is 0 Å². The largest absolute Gasteiger partial charge is 0.388 e. The number of hydrogen-bond donors (Lipinski definition) is 2. The zero-order valence-electron chi connectivity index (χ0n) is 10.4. The summed E-state index contributed by atoms with van der Waals surface area (Å²) in [5, 5.41) is 13.5. The minimum Gasteiger partial charge on any atom is -0.388 e. The Kier molecular flexibility index (Phi) is 4.46. The highest BCUT2D eigenvalue weighted by Crippen LogP contribution is 2.28. The summed E-state index contributed by atoms with van der Waals surface area (Å²) in [5.41, 5.74) is -0.356. The zero-order valence-corrected chi connectivity index (χ0v) is 11.1. The Bertz CT molecular complexity index is 403. The summed E-state index contributed by atoms with van der Waals surface area (Å²) in [7, 11) is 0. The molecule has 18 heavy (non-hydrogen) atoms. The summed E-state index contributed by atoms with van der Waals surface area (Å²) >= 11 is 5.72. The molecule has 1 fully saturated rings. The van der Waals surface area contributed by atoms with E-state index >= 15 is 0 Å². The van der Waals surface area contributed by atoms with Crippen LogP contribution in [0.25, 0.3) is 0 Å². The fourth-order valence-corrected chi connectivity index (χ4v) is 2.64. The van der Waals surface area contributed by atoms with Crippen molar-refractivity contribution in [2.45, 2.75) is 44.1 Å². The molecule has 0 amide bonds. The van der Waals surface area contributed by atoms with Gasteiger partial charge in [0.25, 0.3) is 0 Å². The number of anilines is 1. The molecule has 0 aliphatic heterocycles. The number of hydrogen-bond acceptors (Lipinski definition) is 2. The van der Waals surface area contributed by atoms with Gasteiger partial charge in [-0.3, -0.25) is 0 Å². The lowest BCUT2D eigenvalue weighted by Crippen LogP contribution is -2.36. The number of halogens is 2. The van der Waals surface area contributed by atoms with Gasteiger partial charge in [-0.05, 0) is 25.0 Å². The van der Waals surface area contributed by atoms with Crippen molar-refractivity contribution < 1.29 is 9.50 Å². The molecular weight excluding hydrogens is 253 g/mol. The van der Waals surface area contributed by atoms with E-state index < -0.39 is 11.4 Å². The maximum Gasteiger partial charge on any atom is 0.164 e. The van der Waals surface area contributed by atoms with Crippen LogP contribution in [0.3, 0.4) is 0 Å². The van der Waals surface area contributed by atoms with Gasteiger partial charge in [0.15, 0.2) is 5.82 Å². The van der Waals surface area contributed by atoms with Crippen molar-refractivity contribution in [1.82, 2.24) is 0 Å². The van der Waals surface area contributed by atoms with Crippen molar-refractivity contribution in [2.24, 2.45) is 0 Å². The van der Waals surface area contributed by atoms with Gasteiger partial charge < -0.3 is 10.4 Å². The summed E-state index contributed by atoms with van der Waals surface area (Å²) < 4.78 is 13.7. The van der Waals surface area contributed by atoms with Crippen LogP contribution in [0.5, 0.6) is 0 Å². The van der Waals surface area contributed by atoms with Gasteiger partial charge in [0.2, 0.25) is 0 Å². The average molecular weight is 272 g/mol. The molecule has 0 unspecified atom stereocenters. The Labute approximate surface area is 112 Å². The third-order valence-electron chi connectivity index (χ3n) is 3.59. The van der Waals surface area contributed by atoms with E-state index in [0.717, 1.165) is 25.7 Å². The zero-order chi connectivity index (χ0) is 13.0. The third kappa shape index (κ3) is 3.36. The minimum atomic E-state index is -0.717. The Morgan fingerprint density at radius 1 is 1.22 bits per heavy atom. The van der Waals surface area contributed by atoms with Gasteiger partial charge in [0, 0.05) is 6.54 Å². The van der Waals surface area contributed by atoms with E-state index in [1.165, 1.54) is 18.9 Å². The fraction of sp³-hybridized carbons (Fsp3) is 0.571. The lowest BCUT2D eigenvalue weighted by atomic mass is 9.94. The molecule has 1 aliphatic rings. The molecule has 4 heteroatoms. The lowest BCUT2D eigenvalue weighted by Gasteiger charge is -2.27. The summed E-state index contributed by atoms with van der Waals surface area (Å²) in [6.45, 7) is 0.379. The Hall–Kier alpha value is -0.800. The van der Waals surface area contributed by atoms with Crippen molar-refractivity contribution in [2.75, 3.05) is 11.9 Å². The highest BCUT2D eigenvalue weighted by atomic mass is 35.5. The molecule has 1 aliphatic carbocycles. The highest BCUT2D eigenvalue weighted by molar-refractivity contribution is 6.31. The van der Waals surface area contributed by atoms with Crippen LogP contribution in [0.2, 0.25) is 5.02 Å². The molecule has 1 saturated carbocycles. The second kappa shape index (κ2) is 5.89. The van der Waals surface area contributed by atoms with Crippen LogP contribution in [0.4, 0.5) is 10.1 Å². The van der Waals surface area contributed by atoms with Crippen LogP contribution in [-0.4, -0.2) is 17.3 Å². The Balaban J connectivity index is 1.99. The molecule has 2 N–H and O–H groups in total. The van der Waals surface area contributed by atoms with Crippen molar-refractivity contribution in [1.29, 1.82) is 0 Å². The predicted octanol–water partition coefficient (Wildman–Crippen LogP) is 3.98. The number of benzene rings is 1. The standard InChI is InChI=1S/C14H19ClFNO/c15-11-6-5-7-12(13(11)16)17-10-14(18)8-3-1-2-4-9-14/h5-7,17-18H,1-4,8-10H2. The second-order valence-corrected chi connectivity index (χ2v) is 5.50. The molecule has 0 saturated heterocycles. The summed E-state index contributed by atoms with van der Waals surface area (Å²) in [6, 6.07) is 4.86. The Morgan fingerprint density at radius 3 is 2.56 bits per heavy atom. The van der Waals surface area contributed by atoms with Crippen molar-refractivity contribution in [3.63, 3.8) is 0 Å². The molecule has 2 rings (SSSR count). The maximum atomic E-state index is 13.7. The Morgan fingerprint density at radius 2 is 1.89 bits per heavy atom. The lowest BCUT2D eigenvalue weighted by molar-refractivity contribution is 0.0381. The highest BCUT2D eigenvalue weighted by Gasteiger charge is 2.27. The molecular formula is C14H19ClFNO. The molecule has 0 spiro atoms. The van der Waals surface area contributed by atoms with E-state index in [2.05, 4.69) is 5.32 Å². The molecule has 0 aromatic heterocycles. The van der Waals surface area contributed by atoms with E-state index in [0.29, 0.717) is 12.2 Å². The van der Waals surface area contributed by atoms with Gasteiger partial charge in [-0.25, -0.2) is 4.39 Å². The summed E-state index contributed by atoms with van der Waals surface area (Å²) in [6.07, 6.45) is 5.98. The van der Waals surface area contributed by atoms with Crippen LogP contribution in [0.1, 0.15) is 38.5 Å². The molecule has 0 radical (unpaired) electrons. The third-order valence-corrected chi connectivity index (χ3v) is 3.89. The van der Waals surface area contributed by atoms with E-state index in [4.69, 9.17) is 11.6 Å². The van der Waals surface area contributed by atoms with Crippen LogP contribution in [-0.2, 0) is 0 Å². The van der Waals surface area contributed by atoms with Gasteiger partial charge in [-0.1, -0.05) is 43.4 Å². The first kappa shape index (κ1) is 13.6. The van der Waals surface area contributed by atoms with Crippen molar-refractivity contribution in [3.8, 4) is 0 Å². The molecule has 0 bridgehead atoms. The van der Waals surface area contributed by atoms with Crippen LogP contribution >= 0.6 is 11.6 Å². The predicted molar refractivity (Wildman–Crippen MR) is 72.6 cm³/mol. The molecule has 0 atom stereocenters. The van der Waals surface area contributed by atoms with Crippen LogP contribution in [0.15, 0.2) is 18.2 Å². The van der Waals surface area contributed by atoms with Crippen LogP contribution in [0, 0.1) is 5.82 Å². The average Bonchev–Trinajstić information content (AvgIpc) is 2.57. The first-order valence-corrected chi connectivity index (χ1v) is 6.89. The normalized spacial score (nSPS) is 19.3. The molecule has 2 nitrogen and oxygen atoms in total. The number of aliphatic hydroxyl groups is 1. The van der Waals surface area contributed by atoms with Gasteiger partial charge in [-0.2, -0.15) is 0 Å². The van der Waals surface area contributed by atoms with Gasteiger partial charge in [0.05, 0.1) is 16.3 Å². The van der Waals surface area contributed by atoms with E-state index in [1.54, 1.807) is 12.1 Å². The SMILES string of the molecule is OC1(CNc2cccc(Cl)c2F)CCCCCC1. The monoisotopic (exact) mass is 271 g/mol. The van der Waals surface area contributed by atoms with Crippen LogP contribution < -0.4 is 5.32 Å². The molecule has 0 heterocycles. The topological polar surface area (TPSA) is 32.3 Å². The fourth-order valence-electron chi connectivity index (χ4n) is 2.46. The van der Waals surface area contributed by atoms with Crippen molar-refractivity contribution in [3.05, 3.63) is 29.0 Å². The molecule has 1 aromatic carbocycles. The number of nitrogens with one attached hydrogen (secondary N) is 1. The smallest absolute Gasteiger partial charge is 0.164 e. The maximum absolute atomic E-state index is 13.7. The first-order chi connectivity index (χ1) is 8.61. The number of rotatable bonds is 3. The second-order valence-electron chi connectivity index (χ2n) is 5.09. The first-order valence-electron chi connectivity index (χ1n) is 6.51. The quantitative estimate of drug-likeness (QED) is 0.815. The van der Waals surface area contributed by atoms with E-state index in [9.17, 15) is 9.50 Å². The summed E-state index contributed by atoms with van der Waals surface area (Å²) in [5.74, 6) is -0.448. The van der Waals surface area contributed by atoms with E-state index in [-0.39, 0.29) is 5.02 Å².